The molecule has 0 saturated heterocycles. The minimum Gasteiger partial charge on any atom is -1.00 e. The second kappa shape index (κ2) is 8.52. The molecule has 2 rings (SSSR count). The molecule has 1 aromatic heterocycles. The number of aromatic nitrogens is 1. The smallest absolute Gasteiger partial charge is 0.269 e. The summed E-state index contributed by atoms with van der Waals surface area (Å²) in [7, 11) is 0. The fourth-order valence-corrected chi connectivity index (χ4v) is 2.16. The zero-order valence-electron chi connectivity index (χ0n) is 12.0. The molecule has 1 aromatic carbocycles. The number of nitro benzene ring substituents is 1. The maximum Gasteiger partial charge on any atom is 0.269 e. The van der Waals surface area contributed by atoms with Crippen molar-refractivity contribution in [2.45, 2.75) is 32.7 Å². The Morgan fingerprint density at radius 3 is 2.48 bits per heavy atom. The molecule has 4 nitrogen and oxygen atoms in total. The fraction of sp³-hybridized carbons (Fsp3) is 0.312. The predicted octanol–water partition coefficient (Wildman–Crippen LogP) is 0.277. The molecular formula is C16H19BrN2O2. The van der Waals surface area contributed by atoms with Crippen LogP contribution >= 0.6 is 0 Å². The number of aryl methyl sites for hydroxylation is 1. The molecule has 0 fully saturated rings. The standard InChI is InChI=1S/C16H19N2O2.BrH/c1-2-3-11-17-12-5-4-6-16(17)13-14-7-9-15(10-8-14)18(19)20;/h4-10,12H,2-3,11,13H2,1H3;1H/q+1;/p-1. The van der Waals surface area contributed by atoms with Gasteiger partial charge in [0.25, 0.3) is 5.69 Å². The number of unbranched alkanes of at least 4 members (excludes halogenated alkanes) is 1. The molecule has 21 heavy (non-hydrogen) atoms. The summed E-state index contributed by atoms with van der Waals surface area (Å²) in [6.07, 6.45) is 5.21. The highest BCUT2D eigenvalue weighted by atomic mass is 79.9. The highest BCUT2D eigenvalue weighted by molar-refractivity contribution is 5.34. The lowest BCUT2D eigenvalue weighted by molar-refractivity contribution is -0.704. The molecule has 1 heterocycles. The maximum atomic E-state index is 10.6. The number of hydrogen-bond donors (Lipinski definition) is 0. The maximum absolute atomic E-state index is 10.6. The monoisotopic (exact) mass is 350 g/mol. The Bertz CT molecular complexity index is 585. The van der Waals surface area contributed by atoms with Crippen LogP contribution in [0.2, 0.25) is 0 Å². The first-order chi connectivity index (χ1) is 9.70. The van der Waals surface area contributed by atoms with E-state index in [1.807, 2.05) is 24.3 Å². The van der Waals surface area contributed by atoms with Crippen LogP contribution in [0, 0.1) is 10.1 Å². The van der Waals surface area contributed by atoms with Gasteiger partial charge in [-0.05, 0) is 5.56 Å². The van der Waals surface area contributed by atoms with E-state index in [4.69, 9.17) is 0 Å². The zero-order valence-corrected chi connectivity index (χ0v) is 13.6. The van der Waals surface area contributed by atoms with Gasteiger partial charge in [0, 0.05) is 30.7 Å². The van der Waals surface area contributed by atoms with E-state index in [-0.39, 0.29) is 27.6 Å². The van der Waals surface area contributed by atoms with Crippen molar-refractivity contribution in [2.75, 3.05) is 0 Å². The molecule has 0 amide bonds. The van der Waals surface area contributed by atoms with E-state index in [2.05, 4.69) is 23.8 Å². The van der Waals surface area contributed by atoms with Crippen molar-refractivity contribution in [3.63, 3.8) is 0 Å². The van der Waals surface area contributed by atoms with E-state index in [1.54, 1.807) is 12.1 Å². The quantitative estimate of drug-likeness (QED) is 0.426. The van der Waals surface area contributed by atoms with Gasteiger partial charge in [-0.15, -0.1) is 0 Å². The van der Waals surface area contributed by atoms with E-state index in [1.165, 1.54) is 12.1 Å². The summed E-state index contributed by atoms with van der Waals surface area (Å²) < 4.78 is 2.25. The van der Waals surface area contributed by atoms with Crippen LogP contribution in [0.1, 0.15) is 31.0 Å². The summed E-state index contributed by atoms with van der Waals surface area (Å²) in [6.45, 7) is 3.19. The van der Waals surface area contributed by atoms with Crippen LogP contribution < -0.4 is 21.5 Å². The number of halogens is 1. The van der Waals surface area contributed by atoms with E-state index in [0.717, 1.165) is 24.9 Å². The van der Waals surface area contributed by atoms with Gasteiger partial charge in [-0.3, -0.25) is 10.1 Å². The van der Waals surface area contributed by atoms with Crippen LogP contribution in [0.5, 0.6) is 0 Å². The fourth-order valence-electron chi connectivity index (χ4n) is 2.16. The average Bonchev–Trinajstić information content (AvgIpc) is 2.47. The van der Waals surface area contributed by atoms with Crippen LogP contribution in [-0.2, 0) is 13.0 Å². The molecule has 0 unspecified atom stereocenters. The molecule has 0 aliphatic heterocycles. The van der Waals surface area contributed by atoms with Crippen LogP contribution in [-0.4, -0.2) is 4.92 Å². The van der Waals surface area contributed by atoms with Crippen molar-refractivity contribution < 1.29 is 26.5 Å². The molecule has 0 N–H and O–H groups in total. The van der Waals surface area contributed by atoms with Crippen LogP contribution in [0.3, 0.4) is 0 Å². The highest BCUT2D eigenvalue weighted by Crippen LogP contribution is 2.14. The third kappa shape index (κ3) is 4.93. The van der Waals surface area contributed by atoms with Gasteiger partial charge in [0.05, 0.1) is 11.3 Å². The molecule has 112 valence electrons. The Labute approximate surface area is 135 Å². The molecular weight excluding hydrogens is 332 g/mol. The Balaban J connectivity index is 0.00000220. The van der Waals surface area contributed by atoms with Crippen LogP contribution in [0.25, 0.3) is 0 Å². The summed E-state index contributed by atoms with van der Waals surface area (Å²) in [5.41, 5.74) is 2.46. The minimum atomic E-state index is -0.367. The van der Waals surface area contributed by atoms with Gasteiger partial charge in [0.15, 0.2) is 11.9 Å². The normalized spacial score (nSPS) is 9.95. The van der Waals surface area contributed by atoms with Gasteiger partial charge in [-0.2, -0.15) is 0 Å². The van der Waals surface area contributed by atoms with Crippen molar-refractivity contribution in [3.8, 4) is 0 Å². The number of pyridine rings is 1. The van der Waals surface area contributed by atoms with E-state index >= 15 is 0 Å². The summed E-state index contributed by atoms with van der Waals surface area (Å²) in [5.74, 6) is 0. The first-order valence-electron chi connectivity index (χ1n) is 6.91. The van der Waals surface area contributed by atoms with Crippen molar-refractivity contribution in [3.05, 3.63) is 70.0 Å². The Morgan fingerprint density at radius 1 is 1.14 bits per heavy atom. The molecule has 0 radical (unpaired) electrons. The van der Waals surface area contributed by atoms with E-state index in [0.29, 0.717) is 0 Å². The summed E-state index contributed by atoms with van der Waals surface area (Å²) in [5, 5.41) is 10.6. The van der Waals surface area contributed by atoms with Crippen LogP contribution in [0.4, 0.5) is 5.69 Å². The average molecular weight is 351 g/mol. The summed E-state index contributed by atoms with van der Waals surface area (Å²) in [4.78, 5) is 10.3. The van der Waals surface area contributed by atoms with Gasteiger partial charge in [0.1, 0.15) is 6.54 Å². The SMILES string of the molecule is CCCC[n+]1ccccc1Cc1ccc([N+](=O)[O-])cc1.[Br-]. The lowest BCUT2D eigenvalue weighted by Gasteiger charge is -2.03. The summed E-state index contributed by atoms with van der Waals surface area (Å²) >= 11 is 0. The Morgan fingerprint density at radius 2 is 1.86 bits per heavy atom. The molecule has 5 heteroatoms. The molecule has 0 aliphatic rings. The number of benzene rings is 1. The van der Waals surface area contributed by atoms with Gasteiger partial charge >= 0.3 is 0 Å². The lowest BCUT2D eigenvalue weighted by atomic mass is 10.1. The van der Waals surface area contributed by atoms with Crippen molar-refractivity contribution in [1.29, 1.82) is 0 Å². The van der Waals surface area contributed by atoms with E-state index in [9.17, 15) is 10.1 Å². The van der Waals surface area contributed by atoms with Gasteiger partial charge in [-0.25, -0.2) is 4.57 Å². The third-order valence-electron chi connectivity index (χ3n) is 3.32. The number of nitro groups is 1. The number of hydrogen-bond acceptors (Lipinski definition) is 2. The Hall–Kier alpha value is -1.75. The lowest BCUT2D eigenvalue weighted by Crippen LogP contribution is -3.00. The third-order valence-corrected chi connectivity index (χ3v) is 3.32. The first-order valence-corrected chi connectivity index (χ1v) is 6.91. The second-order valence-corrected chi connectivity index (χ2v) is 4.84. The zero-order chi connectivity index (χ0) is 14.4. The minimum absolute atomic E-state index is 0. The first kappa shape index (κ1) is 17.3. The van der Waals surface area contributed by atoms with Gasteiger partial charge in [-0.1, -0.05) is 31.5 Å². The molecule has 0 atom stereocenters. The van der Waals surface area contributed by atoms with Gasteiger partial charge in [0.2, 0.25) is 0 Å². The van der Waals surface area contributed by atoms with Crippen molar-refractivity contribution in [1.82, 2.24) is 0 Å². The van der Waals surface area contributed by atoms with E-state index < -0.39 is 0 Å². The second-order valence-electron chi connectivity index (χ2n) is 4.84. The highest BCUT2D eigenvalue weighted by Gasteiger charge is 2.11. The van der Waals surface area contributed by atoms with Crippen LogP contribution in [0.15, 0.2) is 48.7 Å². The predicted molar refractivity (Wildman–Crippen MR) is 77.4 cm³/mol. The number of non-ortho nitro benzene ring substituents is 1. The largest absolute Gasteiger partial charge is 1.00 e. The number of rotatable bonds is 6. The molecule has 2 aromatic rings. The molecule has 0 aliphatic carbocycles. The topological polar surface area (TPSA) is 47.0 Å². The molecule has 0 spiro atoms. The number of nitrogens with zero attached hydrogens (tertiary/aromatic N) is 2. The molecule has 0 bridgehead atoms. The molecule has 0 saturated carbocycles. The summed E-state index contributed by atoms with van der Waals surface area (Å²) in [6, 6.07) is 13.0. The Kier molecular flexibility index (Phi) is 7.02. The van der Waals surface area contributed by atoms with Gasteiger partial charge < -0.3 is 17.0 Å². The van der Waals surface area contributed by atoms with Crippen molar-refractivity contribution in [2.24, 2.45) is 0 Å². The van der Waals surface area contributed by atoms with Crippen molar-refractivity contribution >= 4 is 5.69 Å².